The maximum atomic E-state index is 13.2. The van der Waals surface area contributed by atoms with Crippen LogP contribution in [-0.2, 0) is 31.1 Å². The Labute approximate surface area is 172 Å². The summed E-state index contributed by atoms with van der Waals surface area (Å²) in [6.07, 6.45) is 0.767. The quantitative estimate of drug-likeness (QED) is 0.538. The number of amides is 6. The number of benzene rings is 1. The standard InChI is InChI=1S/C20H22N4O6/c1-12(16(26)23-10-9-21-18(23)28)30-15(25)11-24-17(27)20(22-19(24)29)8-4-6-13-5-2-3-7-14(13)20/h2-3,5,7,12H,4,6,8-11H2,1H3,(H,21,28)(H,22,29)/t12-,20+/m0/s1. The maximum absolute atomic E-state index is 13.2. The minimum absolute atomic E-state index is 0.189. The van der Waals surface area contributed by atoms with Gasteiger partial charge in [-0.15, -0.1) is 0 Å². The van der Waals surface area contributed by atoms with Crippen LogP contribution in [0, 0.1) is 0 Å². The van der Waals surface area contributed by atoms with Crippen molar-refractivity contribution >= 4 is 29.8 Å². The van der Waals surface area contributed by atoms with Gasteiger partial charge in [0.25, 0.3) is 11.8 Å². The lowest BCUT2D eigenvalue weighted by atomic mass is 9.76. The first-order chi connectivity index (χ1) is 14.3. The summed E-state index contributed by atoms with van der Waals surface area (Å²) in [5.74, 6) is -2.07. The van der Waals surface area contributed by atoms with E-state index in [0.717, 1.165) is 33.8 Å². The molecule has 1 aromatic rings. The Hall–Kier alpha value is -3.43. The number of aryl methyl sites for hydroxylation is 1. The molecule has 1 spiro atoms. The zero-order valence-electron chi connectivity index (χ0n) is 16.5. The summed E-state index contributed by atoms with van der Waals surface area (Å²) in [5.41, 5.74) is 0.556. The lowest BCUT2D eigenvalue weighted by Crippen LogP contribution is -2.47. The summed E-state index contributed by atoms with van der Waals surface area (Å²) in [6.45, 7) is 1.25. The number of hydrogen-bond donors (Lipinski definition) is 2. The van der Waals surface area contributed by atoms with Crippen molar-refractivity contribution in [2.24, 2.45) is 0 Å². The summed E-state index contributed by atoms with van der Waals surface area (Å²) >= 11 is 0. The molecule has 158 valence electrons. The smallest absolute Gasteiger partial charge is 0.327 e. The molecule has 0 radical (unpaired) electrons. The van der Waals surface area contributed by atoms with Gasteiger partial charge in [0.2, 0.25) is 0 Å². The van der Waals surface area contributed by atoms with Gasteiger partial charge in [0.05, 0.1) is 0 Å². The van der Waals surface area contributed by atoms with E-state index < -0.39 is 48.0 Å². The third-order valence-electron chi connectivity index (χ3n) is 5.72. The van der Waals surface area contributed by atoms with Crippen molar-refractivity contribution in [3.05, 3.63) is 35.4 Å². The third kappa shape index (κ3) is 3.17. The number of rotatable bonds is 4. The van der Waals surface area contributed by atoms with Gasteiger partial charge in [-0.1, -0.05) is 24.3 Å². The molecule has 3 aliphatic rings. The molecule has 0 aromatic heterocycles. The van der Waals surface area contributed by atoms with Crippen molar-refractivity contribution < 1.29 is 28.7 Å². The molecule has 2 N–H and O–H groups in total. The number of carbonyl (C=O) groups excluding carboxylic acids is 5. The van der Waals surface area contributed by atoms with Gasteiger partial charge in [-0.3, -0.25) is 24.2 Å². The molecule has 1 aliphatic carbocycles. The first kappa shape index (κ1) is 19.9. The van der Waals surface area contributed by atoms with E-state index in [9.17, 15) is 24.0 Å². The molecule has 4 rings (SSSR count). The van der Waals surface area contributed by atoms with E-state index in [4.69, 9.17) is 4.74 Å². The normalized spacial score (nSPS) is 23.8. The molecular formula is C20H22N4O6. The van der Waals surface area contributed by atoms with Gasteiger partial charge in [0.1, 0.15) is 12.1 Å². The zero-order valence-corrected chi connectivity index (χ0v) is 16.5. The van der Waals surface area contributed by atoms with Gasteiger partial charge in [0, 0.05) is 13.1 Å². The number of urea groups is 2. The van der Waals surface area contributed by atoms with Gasteiger partial charge in [-0.05, 0) is 37.3 Å². The molecule has 6 amide bonds. The van der Waals surface area contributed by atoms with Crippen LogP contribution >= 0.6 is 0 Å². The number of nitrogens with one attached hydrogen (secondary N) is 2. The fourth-order valence-electron chi connectivity index (χ4n) is 4.27. The summed E-state index contributed by atoms with van der Waals surface area (Å²) in [5, 5.41) is 5.25. The van der Waals surface area contributed by atoms with E-state index in [1.165, 1.54) is 6.92 Å². The second-order valence-corrected chi connectivity index (χ2v) is 7.59. The molecule has 10 nitrogen and oxygen atoms in total. The summed E-state index contributed by atoms with van der Waals surface area (Å²) in [6, 6.07) is 6.21. The van der Waals surface area contributed by atoms with Gasteiger partial charge in [-0.25, -0.2) is 9.59 Å². The first-order valence-corrected chi connectivity index (χ1v) is 9.84. The second kappa shape index (κ2) is 7.43. The minimum Gasteiger partial charge on any atom is -0.451 e. The molecule has 10 heteroatoms. The van der Waals surface area contributed by atoms with Crippen LogP contribution in [0.1, 0.15) is 30.9 Å². The van der Waals surface area contributed by atoms with Crippen LogP contribution in [0.2, 0.25) is 0 Å². The average molecular weight is 414 g/mol. The monoisotopic (exact) mass is 414 g/mol. The average Bonchev–Trinajstić information content (AvgIpc) is 3.25. The fraction of sp³-hybridized carbons (Fsp3) is 0.450. The highest BCUT2D eigenvalue weighted by molar-refractivity contribution is 6.09. The number of carbonyl (C=O) groups is 5. The van der Waals surface area contributed by atoms with Crippen molar-refractivity contribution in [3.63, 3.8) is 0 Å². The highest BCUT2D eigenvalue weighted by Gasteiger charge is 2.54. The fourth-order valence-corrected chi connectivity index (χ4v) is 4.27. The Morgan fingerprint density at radius 3 is 2.70 bits per heavy atom. The van der Waals surface area contributed by atoms with E-state index in [0.29, 0.717) is 13.0 Å². The highest BCUT2D eigenvalue weighted by Crippen LogP contribution is 2.39. The van der Waals surface area contributed by atoms with Gasteiger partial charge >= 0.3 is 18.0 Å². The zero-order chi connectivity index (χ0) is 21.5. The van der Waals surface area contributed by atoms with Crippen LogP contribution in [0.4, 0.5) is 9.59 Å². The Morgan fingerprint density at radius 2 is 1.97 bits per heavy atom. The number of imide groups is 2. The predicted octanol–water partition coefficient (Wildman–Crippen LogP) is 0.254. The van der Waals surface area contributed by atoms with Crippen LogP contribution < -0.4 is 10.6 Å². The van der Waals surface area contributed by atoms with Crippen LogP contribution in [0.5, 0.6) is 0 Å². The topological polar surface area (TPSA) is 125 Å². The van der Waals surface area contributed by atoms with E-state index >= 15 is 0 Å². The molecular weight excluding hydrogens is 392 g/mol. The number of fused-ring (bicyclic) bond motifs is 2. The van der Waals surface area contributed by atoms with Crippen molar-refractivity contribution in [1.29, 1.82) is 0 Å². The molecule has 0 bridgehead atoms. The molecule has 2 fully saturated rings. The first-order valence-electron chi connectivity index (χ1n) is 9.84. The Balaban J connectivity index is 1.45. The molecule has 0 saturated carbocycles. The molecule has 2 aliphatic heterocycles. The Kier molecular flexibility index (Phi) is 4.92. The van der Waals surface area contributed by atoms with E-state index in [-0.39, 0.29) is 6.54 Å². The van der Waals surface area contributed by atoms with Crippen LogP contribution in [-0.4, -0.2) is 65.4 Å². The summed E-state index contributed by atoms with van der Waals surface area (Å²) < 4.78 is 5.09. The summed E-state index contributed by atoms with van der Waals surface area (Å²) in [7, 11) is 0. The van der Waals surface area contributed by atoms with Crippen molar-refractivity contribution in [2.45, 2.75) is 37.8 Å². The van der Waals surface area contributed by atoms with Crippen molar-refractivity contribution in [3.8, 4) is 0 Å². The van der Waals surface area contributed by atoms with E-state index in [1.54, 1.807) is 0 Å². The third-order valence-corrected chi connectivity index (χ3v) is 5.72. The van der Waals surface area contributed by atoms with E-state index in [1.807, 2.05) is 24.3 Å². The minimum atomic E-state index is -1.22. The van der Waals surface area contributed by atoms with Crippen LogP contribution in [0.3, 0.4) is 0 Å². The molecule has 2 atom stereocenters. The van der Waals surface area contributed by atoms with Crippen molar-refractivity contribution in [2.75, 3.05) is 19.6 Å². The van der Waals surface area contributed by atoms with Gasteiger partial charge in [-0.2, -0.15) is 0 Å². The van der Waals surface area contributed by atoms with Crippen molar-refractivity contribution in [1.82, 2.24) is 20.4 Å². The van der Waals surface area contributed by atoms with Crippen LogP contribution in [0.15, 0.2) is 24.3 Å². The SMILES string of the molecule is C[C@H](OC(=O)CN1C(=O)N[C@@]2(CCCc3ccccc32)C1=O)C(=O)N1CCNC1=O. The molecule has 30 heavy (non-hydrogen) atoms. The lowest BCUT2D eigenvalue weighted by Gasteiger charge is -2.33. The summed E-state index contributed by atoms with van der Waals surface area (Å²) in [4.78, 5) is 63.7. The Morgan fingerprint density at radius 1 is 1.20 bits per heavy atom. The largest absolute Gasteiger partial charge is 0.451 e. The van der Waals surface area contributed by atoms with Gasteiger partial charge < -0.3 is 15.4 Å². The molecule has 2 saturated heterocycles. The number of hydrogen-bond acceptors (Lipinski definition) is 6. The number of esters is 1. The predicted molar refractivity (Wildman–Crippen MR) is 102 cm³/mol. The number of ether oxygens (including phenoxy) is 1. The van der Waals surface area contributed by atoms with Gasteiger partial charge in [0.15, 0.2) is 6.10 Å². The maximum Gasteiger partial charge on any atom is 0.327 e. The Bertz CT molecular complexity index is 947. The lowest BCUT2D eigenvalue weighted by molar-refractivity contribution is -0.159. The highest BCUT2D eigenvalue weighted by atomic mass is 16.5. The molecule has 0 unspecified atom stereocenters. The second-order valence-electron chi connectivity index (χ2n) is 7.59. The van der Waals surface area contributed by atoms with E-state index in [2.05, 4.69) is 10.6 Å². The molecule has 2 heterocycles. The number of nitrogens with zero attached hydrogens (tertiary/aromatic N) is 2. The molecule has 1 aromatic carbocycles. The van der Waals surface area contributed by atoms with Crippen LogP contribution in [0.25, 0.3) is 0 Å².